The first-order chi connectivity index (χ1) is 11.6. The van der Waals surface area contributed by atoms with Gasteiger partial charge in [0.05, 0.1) is 0 Å². The molecule has 0 spiro atoms. The fourth-order valence-corrected chi connectivity index (χ4v) is 5.08. The molecule has 128 valence electrons. The third-order valence-electron chi connectivity index (χ3n) is 4.97. The third kappa shape index (κ3) is 2.61. The van der Waals surface area contributed by atoms with Gasteiger partial charge in [-0.3, -0.25) is 4.79 Å². The van der Waals surface area contributed by atoms with Crippen LogP contribution < -0.4 is 0 Å². The van der Waals surface area contributed by atoms with Crippen molar-refractivity contribution in [3.63, 3.8) is 0 Å². The van der Waals surface area contributed by atoms with Gasteiger partial charge in [0.2, 0.25) is 11.0 Å². The van der Waals surface area contributed by atoms with E-state index in [-0.39, 0.29) is 17.0 Å². The molecule has 0 N–H and O–H groups in total. The molecule has 2 aliphatic rings. The van der Waals surface area contributed by atoms with Crippen LogP contribution in [-0.4, -0.2) is 49.2 Å². The van der Waals surface area contributed by atoms with Crippen molar-refractivity contribution in [3.8, 4) is 0 Å². The van der Waals surface area contributed by atoms with Crippen LogP contribution in [0.2, 0.25) is 0 Å². The summed E-state index contributed by atoms with van der Waals surface area (Å²) in [7, 11) is -3.62. The lowest BCUT2D eigenvalue weighted by Crippen LogP contribution is -2.47. The minimum Gasteiger partial charge on any atom is -0.443 e. The second-order valence-electron chi connectivity index (χ2n) is 6.43. The summed E-state index contributed by atoms with van der Waals surface area (Å²) in [5, 5.41) is 0.785. The van der Waals surface area contributed by atoms with Crippen LogP contribution in [0.5, 0.6) is 0 Å². The molecule has 0 unspecified atom stereocenters. The van der Waals surface area contributed by atoms with Gasteiger partial charge in [-0.25, -0.2) is 8.42 Å². The molecule has 1 aromatic carbocycles. The smallest absolute Gasteiger partial charge is 0.276 e. The highest BCUT2D eigenvalue weighted by molar-refractivity contribution is 7.89. The molecular weight excluding hydrogens is 328 g/mol. The molecule has 0 radical (unpaired) electrons. The quantitative estimate of drug-likeness (QED) is 0.853. The molecule has 0 aliphatic carbocycles. The number of piperidine rings is 1. The number of furan rings is 1. The van der Waals surface area contributed by atoms with Gasteiger partial charge in [0.15, 0.2) is 0 Å². The Hall–Kier alpha value is -1.86. The Bertz CT molecular complexity index is 833. The van der Waals surface area contributed by atoms with Crippen molar-refractivity contribution in [1.29, 1.82) is 0 Å². The van der Waals surface area contributed by atoms with Crippen LogP contribution in [0.15, 0.2) is 39.8 Å². The van der Waals surface area contributed by atoms with E-state index >= 15 is 0 Å². The third-order valence-corrected chi connectivity index (χ3v) is 6.73. The van der Waals surface area contributed by atoms with E-state index in [0.29, 0.717) is 37.9 Å². The molecule has 1 amide bonds. The van der Waals surface area contributed by atoms with Crippen molar-refractivity contribution in [2.45, 2.75) is 36.8 Å². The summed E-state index contributed by atoms with van der Waals surface area (Å²) in [4.78, 5) is 13.8. The molecule has 0 saturated carbocycles. The summed E-state index contributed by atoms with van der Waals surface area (Å²) >= 11 is 0. The van der Waals surface area contributed by atoms with Gasteiger partial charge < -0.3 is 9.32 Å². The average molecular weight is 348 g/mol. The maximum Gasteiger partial charge on any atom is 0.276 e. The van der Waals surface area contributed by atoms with Gasteiger partial charge in [-0.1, -0.05) is 18.2 Å². The normalized spacial score (nSPS) is 21.0. The Morgan fingerprint density at radius 1 is 1.08 bits per heavy atom. The Balaban J connectivity index is 1.50. The van der Waals surface area contributed by atoms with Gasteiger partial charge in [-0.2, -0.15) is 4.31 Å². The van der Waals surface area contributed by atoms with Crippen LogP contribution in [0.3, 0.4) is 0 Å². The van der Waals surface area contributed by atoms with Crippen LogP contribution in [-0.2, 0) is 14.8 Å². The predicted molar refractivity (Wildman–Crippen MR) is 88.9 cm³/mol. The van der Waals surface area contributed by atoms with Crippen LogP contribution in [0.4, 0.5) is 0 Å². The van der Waals surface area contributed by atoms with Gasteiger partial charge >= 0.3 is 0 Å². The highest BCUT2D eigenvalue weighted by Crippen LogP contribution is 2.28. The summed E-state index contributed by atoms with van der Waals surface area (Å²) in [6, 6.07) is 9.03. The number of benzene rings is 1. The van der Waals surface area contributed by atoms with Crippen molar-refractivity contribution in [1.82, 2.24) is 9.21 Å². The molecule has 6 nitrogen and oxygen atoms in total. The molecule has 2 fully saturated rings. The number of likely N-dealkylation sites (tertiary alicyclic amines) is 1. The second kappa shape index (κ2) is 5.89. The van der Waals surface area contributed by atoms with E-state index < -0.39 is 10.0 Å². The van der Waals surface area contributed by atoms with Gasteiger partial charge in [0.1, 0.15) is 5.58 Å². The standard InChI is InChI=1S/C17H20N2O4S/c20-16-6-3-9-19(16)14-7-10-18(11-8-14)24(21,22)17-12-13-4-1-2-5-15(13)23-17/h1-2,4-5,12,14H,3,6-11H2. The molecule has 1 aromatic heterocycles. The summed E-state index contributed by atoms with van der Waals surface area (Å²) in [6.45, 7) is 1.65. The van der Waals surface area contributed by atoms with Crippen molar-refractivity contribution < 1.29 is 17.6 Å². The van der Waals surface area contributed by atoms with Gasteiger partial charge in [0.25, 0.3) is 10.0 Å². The summed E-state index contributed by atoms with van der Waals surface area (Å²) in [5.74, 6) is 0.202. The number of para-hydroxylation sites is 1. The Labute approximate surface area is 141 Å². The maximum absolute atomic E-state index is 12.8. The number of amides is 1. The largest absolute Gasteiger partial charge is 0.443 e. The van der Waals surface area contributed by atoms with Gasteiger partial charge in [0, 0.05) is 43.5 Å². The Morgan fingerprint density at radius 3 is 2.50 bits per heavy atom. The lowest BCUT2D eigenvalue weighted by molar-refractivity contribution is -0.130. The molecule has 7 heteroatoms. The van der Waals surface area contributed by atoms with Crippen LogP contribution in [0.25, 0.3) is 11.0 Å². The van der Waals surface area contributed by atoms with Crippen molar-refractivity contribution >= 4 is 26.9 Å². The van der Waals surface area contributed by atoms with Crippen LogP contribution in [0.1, 0.15) is 25.7 Å². The molecule has 0 bridgehead atoms. The molecule has 2 aromatic rings. The van der Waals surface area contributed by atoms with Gasteiger partial charge in [-0.05, 0) is 25.3 Å². The zero-order valence-corrected chi connectivity index (χ0v) is 14.2. The van der Waals surface area contributed by atoms with E-state index in [1.807, 2.05) is 23.1 Å². The van der Waals surface area contributed by atoms with E-state index in [2.05, 4.69) is 0 Å². The van der Waals surface area contributed by atoms with E-state index in [1.165, 1.54) is 4.31 Å². The molecule has 24 heavy (non-hydrogen) atoms. The fraction of sp³-hybridized carbons (Fsp3) is 0.471. The van der Waals surface area contributed by atoms with E-state index in [1.54, 1.807) is 12.1 Å². The molecular formula is C17H20N2O4S. The maximum atomic E-state index is 12.8. The Kier molecular flexibility index (Phi) is 3.85. The van der Waals surface area contributed by atoms with Crippen molar-refractivity contribution in [2.24, 2.45) is 0 Å². The SMILES string of the molecule is O=C1CCCN1C1CCN(S(=O)(=O)c2cc3ccccc3o2)CC1. The zero-order chi connectivity index (χ0) is 16.7. The summed E-state index contributed by atoms with van der Waals surface area (Å²) in [6.07, 6.45) is 2.91. The highest BCUT2D eigenvalue weighted by Gasteiger charge is 2.35. The van der Waals surface area contributed by atoms with E-state index in [4.69, 9.17) is 4.42 Å². The second-order valence-corrected chi connectivity index (χ2v) is 8.30. The molecule has 2 saturated heterocycles. The van der Waals surface area contributed by atoms with Crippen molar-refractivity contribution in [3.05, 3.63) is 30.3 Å². The van der Waals surface area contributed by atoms with E-state index in [9.17, 15) is 13.2 Å². The van der Waals surface area contributed by atoms with Crippen molar-refractivity contribution in [2.75, 3.05) is 19.6 Å². The molecule has 4 rings (SSSR count). The topological polar surface area (TPSA) is 70.8 Å². The fourth-order valence-electron chi connectivity index (χ4n) is 3.66. The predicted octanol–water partition coefficient (Wildman–Crippen LogP) is 2.21. The number of carbonyl (C=O) groups is 1. The first-order valence-corrected chi connectivity index (χ1v) is 9.78. The van der Waals surface area contributed by atoms with Gasteiger partial charge in [-0.15, -0.1) is 0 Å². The zero-order valence-electron chi connectivity index (χ0n) is 13.3. The number of carbonyl (C=O) groups excluding carboxylic acids is 1. The monoisotopic (exact) mass is 348 g/mol. The lowest BCUT2D eigenvalue weighted by Gasteiger charge is -2.35. The Morgan fingerprint density at radius 2 is 1.83 bits per heavy atom. The van der Waals surface area contributed by atoms with Crippen LogP contribution >= 0.6 is 0 Å². The number of sulfonamides is 1. The van der Waals surface area contributed by atoms with Crippen LogP contribution in [0, 0.1) is 0 Å². The lowest BCUT2D eigenvalue weighted by atomic mass is 10.1. The number of rotatable bonds is 3. The minimum absolute atomic E-state index is 0.000557. The summed E-state index contributed by atoms with van der Waals surface area (Å²) < 4.78 is 32.6. The molecule has 0 atom stereocenters. The molecule has 2 aliphatic heterocycles. The number of fused-ring (bicyclic) bond motifs is 1. The molecule has 3 heterocycles. The first kappa shape index (κ1) is 15.7. The number of hydrogen-bond donors (Lipinski definition) is 0. The summed E-state index contributed by atoms with van der Waals surface area (Å²) in [5.41, 5.74) is 0.577. The number of hydrogen-bond acceptors (Lipinski definition) is 4. The number of nitrogens with zero attached hydrogens (tertiary/aromatic N) is 2. The highest BCUT2D eigenvalue weighted by atomic mass is 32.2. The van der Waals surface area contributed by atoms with E-state index in [0.717, 1.165) is 18.4 Å². The minimum atomic E-state index is -3.62. The first-order valence-electron chi connectivity index (χ1n) is 8.34. The average Bonchev–Trinajstić information content (AvgIpc) is 3.21.